The fraction of sp³-hybridized carbons (Fsp3) is 0.250. The molecule has 0 bridgehead atoms. The highest BCUT2D eigenvalue weighted by molar-refractivity contribution is 6.28. The molecule has 1 N–H and O–H groups in total. The van der Waals surface area contributed by atoms with Crippen LogP contribution in [-0.2, 0) is 0 Å². The van der Waals surface area contributed by atoms with Crippen molar-refractivity contribution < 1.29 is 4.74 Å². The predicted molar refractivity (Wildman–Crippen MR) is 50.9 cm³/mol. The van der Waals surface area contributed by atoms with Crippen molar-refractivity contribution in [1.29, 1.82) is 0 Å². The number of methoxy groups -OCH3 is 1. The molecule has 0 atom stereocenters. The van der Waals surface area contributed by atoms with Gasteiger partial charge in [-0.25, -0.2) is 4.98 Å². The number of halogens is 1. The Kier molecular flexibility index (Phi) is 3.35. The Bertz CT molecular complexity index is 335. The SMILES string of the molecule is C#CCNc1nc(Cl)ncc1OC. The molecule has 13 heavy (non-hydrogen) atoms. The average Bonchev–Trinajstić information content (AvgIpc) is 2.15. The zero-order valence-electron chi connectivity index (χ0n) is 7.04. The van der Waals surface area contributed by atoms with Gasteiger partial charge in [0.15, 0.2) is 11.6 Å². The van der Waals surface area contributed by atoms with E-state index in [2.05, 4.69) is 21.2 Å². The first kappa shape index (κ1) is 9.62. The van der Waals surface area contributed by atoms with Gasteiger partial charge < -0.3 is 10.1 Å². The monoisotopic (exact) mass is 197 g/mol. The third kappa shape index (κ3) is 2.49. The van der Waals surface area contributed by atoms with Crippen LogP contribution in [0.25, 0.3) is 0 Å². The smallest absolute Gasteiger partial charge is 0.224 e. The molecule has 0 amide bonds. The summed E-state index contributed by atoms with van der Waals surface area (Å²) in [7, 11) is 1.52. The molecule has 0 aliphatic rings. The largest absolute Gasteiger partial charge is 0.491 e. The summed E-state index contributed by atoms with van der Waals surface area (Å²) in [5.74, 6) is 3.43. The number of nitrogens with one attached hydrogen (secondary N) is 1. The number of aromatic nitrogens is 2. The lowest BCUT2D eigenvalue weighted by Gasteiger charge is -2.06. The van der Waals surface area contributed by atoms with Gasteiger partial charge in [-0.15, -0.1) is 6.42 Å². The van der Waals surface area contributed by atoms with Crippen LogP contribution in [0.5, 0.6) is 5.75 Å². The van der Waals surface area contributed by atoms with E-state index in [4.69, 9.17) is 22.8 Å². The summed E-state index contributed by atoms with van der Waals surface area (Å²) >= 11 is 5.58. The van der Waals surface area contributed by atoms with E-state index in [0.29, 0.717) is 18.1 Å². The Morgan fingerprint density at radius 3 is 3.15 bits per heavy atom. The molecule has 0 saturated carbocycles. The molecule has 4 nitrogen and oxygen atoms in total. The molecule has 5 heteroatoms. The van der Waals surface area contributed by atoms with E-state index in [1.54, 1.807) is 0 Å². The molecule has 0 radical (unpaired) electrons. The molecule has 68 valence electrons. The third-order valence-corrected chi connectivity index (χ3v) is 1.49. The van der Waals surface area contributed by atoms with Crippen molar-refractivity contribution in [3.63, 3.8) is 0 Å². The van der Waals surface area contributed by atoms with Gasteiger partial charge in [-0.2, -0.15) is 4.98 Å². The summed E-state index contributed by atoms with van der Waals surface area (Å²) in [5.41, 5.74) is 0. The molecule has 1 rings (SSSR count). The molecule has 1 aromatic heterocycles. The summed E-state index contributed by atoms with van der Waals surface area (Å²) < 4.78 is 4.98. The minimum Gasteiger partial charge on any atom is -0.491 e. The summed E-state index contributed by atoms with van der Waals surface area (Å²) in [6.07, 6.45) is 6.56. The molecular formula is C8H8ClN3O. The van der Waals surface area contributed by atoms with Crippen molar-refractivity contribution in [2.24, 2.45) is 0 Å². The van der Waals surface area contributed by atoms with Crippen LogP contribution in [0.3, 0.4) is 0 Å². The van der Waals surface area contributed by atoms with Crippen molar-refractivity contribution in [2.75, 3.05) is 19.0 Å². The van der Waals surface area contributed by atoms with Crippen LogP contribution >= 0.6 is 11.6 Å². The quantitative estimate of drug-likeness (QED) is 0.584. The van der Waals surface area contributed by atoms with Gasteiger partial charge in [0.1, 0.15) is 0 Å². The van der Waals surface area contributed by atoms with Gasteiger partial charge in [0, 0.05) is 0 Å². The Morgan fingerprint density at radius 2 is 2.54 bits per heavy atom. The lowest BCUT2D eigenvalue weighted by Crippen LogP contribution is -2.03. The first-order valence-electron chi connectivity index (χ1n) is 3.51. The lowest BCUT2D eigenvalue weighted by molar-refractivity contribution is 0.413. The van der Waals surface area contributed by atoms with Crippen molar-refractivity contribution in [2.45, 2.75) is 0 Å². The number of terminal acetylenes is 1. The van der Waals surface area contributed by atoms with Crippen LogP contribution in [0.4, 0.5) is 5.82 Å². The van der Waals surface area contributed by atoms with Crippen molar-refractivity contribution >= 4 is 17.4 Å². The Hall–Kier alpha value is -1.47. The second-order valence-corrected chi connectivity index (χ2v) is 2.45. The van der Waals surface area contributed by atoms with E-state index < -0.39 is 0 Å². The fourth-order valence-corrected chi connectivity index (χ4v) is 0.893. The molecule has 1 aromatic rings. The van der Waals surface area contributed by atoms with Gasteiger partial charge in [-0.3, -0.25) is 0 Å². The molecule has 0 aliphatic heterocycles. The highest BCUT2D eigenvalue weighted by Crippen LogP contribution is 2.20. The summed E-state index contributed by atoms with van der Waals surface area (Å²) in [4.78, 5) is 7.66. The predicted octanol–water partition coefficient (Wildman–Crippen LogP) is 1.18. The van der Waals surface area contributed by atoms with Crippen LogP contribution in [-0.4, -0.2) is 23.6 Å². The Labute approximate surface area is 81.3 Å². The van der Waals surface area contributed by atoms with Crippen LogP contribution < -0.4 is 10.1 Å². The van der Waals surface area contributed by atoms with Gasteiger partial charge in [0.2, 0.25) is 5.28 Å². The maximum absolute atomic E-state index is 5.58. The molecule has 0 aliphatic carbocycles. The van der Waals surface area contributed by atoms with Crippen molar-refractivity contribution in [1.82, 2.24) is 9.97 Å². The van der Waals surface area contributed by atoms with Crippen molar-refractivity contribution in [3.8, 4) is 18.1 Å². The van der Waals surface area contributed by atoms with E-state index in [1.807, 2.05) is 0 Å². The van der Waals surface area contributed by atoms with E-state index in [9.17, 15) is 0 Å². The van der Waals surface area contributed by atoms with Crippen LogP contribution in [0.1, 0.15) is 0 Å². The minimum absolute atomic E-state index is 0.153. The van der Waals surface area contributed by atoms with Crippen LogP contribution in [0.15, 0.2) is 6.20 Å². The molecule has 1 heterocycles. The minimum atomic E-state index is 0.153. The summed E-state index contributed by atoms with van der Waals surface area (Å²) in [6, 6.07) is 0. The first-order chi connectivity index (χ1) is 6.27. The molecule has 0 unspecified atom stereocenters. The van der Waals surface area contributed by atoms with E-state index >= 15 is 0 Å². The molecular weight excluding hydrogens is 190 g/mol. The second kappa shape index (κ2) is 4.53. The topological polar surface area (TPSA) is 47.0 Å². The molecule has 0 fully saturated rings. The number of anilines is 1. The average molecular weight is 198 g/mol. The van der Waals surface area contributed by atoms with Gasteiger partial charge in [-0.1, -0.05) is 5.92 Å². The zero-order chi connectivity index (χ0) is 9.68. The molecule has 0 saturated heterocycles. The zero-order valence-corrected chi connectivity index (χ0v) is 7.80. The highest BCUT2D eigenvalue weighted by atomic mass is 35.5. The lowest BCUT2D eigenvalue weighted by atomic mass is 10.5. The molecule has 0 spiro atoms. The number of hydrogen-bond acceptors (Lipinski definition) is 4. The van der Waals surface area contributed by atoms with E-state index in [0.717, 1.165) is 0 Å². The van der Waals surface area contributed by atoms with E-state index in [1.165, 1.54) is 13.3 Å². The standard InChI is InChI=1S/C8H8ClN3O/c1-3-4-10-7-6(13-2)5-11-8(9)12-7/h1,5H,4H2,2H3,(H,10,11,12). The van der Waals surface area contributed by atoms with Gasteiger partial charge in [-0.05, 0) is 11.6 Å². The van der Waals surface area contributed by atoms with Crippen LogP contribution in [0, 0.1) is 12.3 Å². The van der Waals surface area contributed by atoms with Gasteiger partial charge in [0.25, 0.3) is 0 Å². The van der Waals surface area contributed by atoms with Crippen LogP contribution in [0.2, 0.25) is 5.28 Å². The third-order valence-electron chi connectivity index (χ3n) is 1.30. The fourth-order valence-electron chi connectivity index (χ4n) is 0.760. The Morgan fingerprint density at radius 1 is 1.77 bits per heavy atom. The Balaban J connectivity index is 2.89. The van der Waals surface area contributed by atoms with E-state index in [-0.39, 0.29) is 5.28 Å². The number of nitrogens with zero attached hydrogens (tertiary/aromatic N) is 2. The normalized spacial score (nSPS) is 9.00. The van der Waals surface area contributed by atoms with Gasteiger partial charge >= 0.3 is 0 Å². The van der Waals surface area contributed by atoms with Gasteiger partial charge in [0.05, 0.1) is 19.9 Å². The number of ether oxygens (including phenoxy) is 1. The molecule has 0 aromatic carbocycles. The highest BCUT2D eigenvalue weighted by Gasteiger charge is 2.04. The second-order valence-electron chi connectivity index (χ2n) is 2.11. The number of rotatable bonds is 3. The summed E-state index contributed by atoms with van der Waals surface area (Å²) in [6.45, 7) is 0.365. The number of hydrogen-bond donors (Lipinski definition) is 1. The maximum atomic E-state index is 5.58. The van der Waals surface area contributed by atoms with Crippen molar-refractivity contribution in [3.05, 3.63) is 11.5 Å². The summed E-state index contributed by atoms with van der Waals surface area (Å²) in [5, 5.41) is 3.01. The first-order valence-corrected chi connectivity index (χ1v) is 3.89. The maximum Gasteiger partial charge on any atom is 0.224 e.